The zero-order valence-electron chi connectivity index (χ0n) is 15.1. The number of hydrogen-bond acceptors (Lipinski definition) is 3. The monoisotopic (exact) mass is 348 g/mol. The molecule has 134 valence electrons. The second-order valence-electron chi connectivity index (χ2n) is 6.70. The van der Waals surface area contributed by atoms with E-state index in [0.29, 0.717) is 6.42 Å². The lowest BCUT2D eigenvalue weighted by Gasteiger charge is -2.35. The molecule has 1 saturated heterocycles. The van der Waals surface area contributed by atoms with Crippen LogP contribution in [0.15, 0.2) is 54.9 Å². The lowest BCUT2D eigenvalue weighted by molar-refractivity contribution is -0.130. The summed E-state index contributed by atoms with van der Waals surface area (Å²) in [5.74, 6) is 1.22. The molecule has 5 heteroatoms. The topological polar surface area (TPSA) is 41.4 Å². The zero-order chi connectivity index (χ0) is 17.9. The third-order valence-electron chi connectivity index (χ3n) is 5.17. The van der Waals surface area contributed by atoms with Gasteiger partial charge >= 0.3 is 0 Å². The lowest BCUT2D eigenvalue weighted by atomic mass is 10.0. The third kappa shape index (κ3) is 3.17. The molecule has 0 atom stereocenters. The normalized spacial score (nSPS) is 14.8. The van der Waals surface area contributed by atoms with Crippen LogP contribution in [0, 0.1) is 0 Å². The average molecular weight is 348 g/mol. The van der Waals surface area contributed by atoms with Crippen LogP contribution in [-0.2, 0) is 17.8 Å². The summed E-state index contributed by atoms with van der Waals surface area (Å²) in [6.45, 7) is 6.20. The standard InChI is InChI=1S/C21H24N4O/c1-2-23-11-10-22-21(23)25-14-12-24(13-15-25)20(26)16-18-8-5-7-17-6-3-4-9-19(17)18/h3-11H,2,12-16H2,1H3. The molecule has 5 nitrogen and oxygen atoms in total. The SMILES string of the molecule is CCn1ccnc1N1CCN(C(=O)Cc2cccc3ccccc23)CC1. The Hall–Kier alpha value is -2.82. The highest BCUT2D eigenvalue weighted by atomic mass is 16.2. The molecule has 1 aromatic heterocycles. The second-order valence-corrected chi connectivity index (χ2v) is 6.70. The summed E-state index contributed by atoms with van der Waals surface area (Å²) < 4.78 is 2.15. The molecule has 0 radical (unpaired) electrons. The maximum Gasteiger partial charge on any atom is 0.227 e. The minimum Gasteiger partial charge on any atom is -0.339 e. The maximum absolute atomic E-state index is 12.8. The number of anilines is 1. The van der Waals surface area contributed by atoms with Crippen molar-refractivity contribution in [3.63, 3.8) is 0 Å². The molecule has 0 bridgehead atoms. The number of imidazole rings is 1. The van der Waals surface area contributed by atoms with Crippen LogP contribution in [0.2, 0.25) is 0 Å². The molecule has 1 amide bonds. The van der Waals surface area contributed by atoms with E-state index in [1.807, 2.05) is 35.5 Å². The number of piperazine rings is 1. The van der Waals surface area contributed by atoms with Gasteiger partial charge in [0.05, 0.1) is 6.42 Å². The Morgan fingerprint density at radius 2 is 1.81 bits per heavy atom. The quantitative estimate of drug-likeness (QED) is 0.728. The first-order valence-electron chi connectivity index (χ1n) is 9.27. The first-order chi connectivity index (χ1) is 12.8. The van der Waals surface area contributed by atoms with Gasteiger partial charge in [0, 0.05) is 45.1 Å². The number of amides is 1. The Kier molecular flexibility index (Phi) is 4.61. The van der Waals surface area contributed by atoms with E-state index in [1.165, 1.54) is 10.8 Å². The summed E-state index contributed by atoms with van der Waals surface area (Å²) in [6.07, 6.45) is 4.31. The number of aromatic nitrogens is 2. The van der Waals surface area contributed by atoms with Crippen LogP contribution in [0.1, 0.15) is 12.5 Å². The number of fused-ring (bicyclic) bond motifs is 1. The van der Waals surface area contributed by atoms with E-state index in [-0.39, 0.29) is 5.91 Å². The largest absolute Gasteiger partial charge is 0.339 e. The van der Waals surface area contributed by atoms with Crippen LogP contribution in [0.25, 0.3) is 10.8 Å². The summed E-state index contributed by atoms with van der Waals surface area (Å²) in [7, 11) is 0. The molecule has 3 aromatic rings. The van der Waals surface area contributed by atoms with Gasteiger partial charge in [0.1, 0.15) is 0 Å². The first-order valence-corrected chi connectivity index (χ1v) is 9.27. The van der Waals surface area contributed by atoms with Gasteiger partial charge in [-0.3, -0.25) is 4.79 Å². The van der Waals surface area contributed by atoms with Gasteiger partial charge in [0.2, 0.25) is 11.9 Å². The number of hydrogen-bond donors (Lipinski definition) is 0. The van der Waals surface area contributed by atoms with Crippen LogP contribution in [-0.4, -0.2) is 46.5 Å². The highest BCUT2D eigenvalue weighted by Crippen LogP contribution is 2.20. The fourth-order valence-corrected chi connectivity index (χ4v) is 3.71. The number of rotatable bonds is 4. The molecule has 2 aromatic carbocycles. The number of aryl methyl sites for hydroxylation is 1. The highest BCUT2D eigenvalue weighted by molar-refractivity contribution is 5.90. The second kappa shape index (κ2) is 7.20. The summed E-state index contributed by atoms with van der Waals surface area (Å²) in [4.78, 5) is 21.5. The van der Waals surface area contributed by atoms with Gasteiger partial charge in [-0.2, -0.15) is 0 Å². The molecule has 26 heavy (non-hydrogen) atoms. The summed E-state index contributed by atoms with van der Waals surface area (Å²) in [5, 5.41) is 2.36. The number of benzene rings is 2. The fourth-order valence-electron chi connectivity index (χ4n) is 3.71. The van der Waals surface area contributed by atoms with Gasteiger partial charge in [-0.25, -0.2) is 4.98 Å². The van der Waals surface area contributed by atoms with Gasteiger partial charge in [-0.05, 0) is 23.3 Å². The van der Waals surface area contributed by atoms with Crippen molar-refractivity contribution in [3.05, 3.63) is 60.4 Å². The van der Waals surface area contributed by atoms with E-state index in [0.717, 1.165) is 44.2 Å². The predicted octanol–water partition coefficient (Wildman–Crippen LogP) is 2.95. The van der Waals surface area contributed by atoms with Crippen LogP contribution >= 0.6 is 0 Å². The van der Waals surface area contributed by atoms with Crippen molar-refractivity contribution in [1.82, 2.24) is 14.5 Å². The Labute approximate surface area is 153 Å². The molecule has 4 rings (SSSR count). The van der Waals surface area contributed by atoms with Crippen molar-refractivity contribution in [3.8, 4) is 0 Å². The Bertz CT molecular complexity index is 904. The van der Waals surface area contributed by atoms with Crippen molar-refractivity contribution in [2.24, 2.45) is 0 Å². The van der Waals surface area contributed by atoms with Gasteiger partial charge in [-0.15, -0.1) is 0 Å². The van der Waals surface area contributed by atoms with Crippen molar-refractivity contribution in [1.29, 1.82) is 0 Å². The van der Waals surface area contributed by atoms with E-state index < -0.39 is 0 Å². The van der Waals surface area contributed by atoms with Crippen molar-refractivity contribution < 1.29 is 4.79 Å². The van der Waals surface area contributed by atoms with Gasteiger partial charge in [0.25, 0.3) is 0 Å². The summed E-state index contributed by atoms with van der Waals surface area (Å²) in [6, 6.07) is 14.5. The third-order valence-corrected chi connectivity index (χ3v) is 5.17. The molecule has 0 aliphatic carbocycles. The van der Waals surface area contributed by atoms with E-state index in [9.17, 15) is 4.79 Å². The first kappa shape index (κ1) is 16.6. The van der Waals surface area contributed by atoms with E-state index in [4.69, 9.17) is 0 Å². The van der Waals surface area contributed by atoms with Crippen LogP contribution in [0.5, 0.6) is 0 Å². The van der Waals surface area contributed by atoms with Crippen LogP contribution in [0.4, 0.5) is 5.95 Å². The van der Waals surface area contributed by atoms with Crippen LogP contribution in [0.3, 0.4) is 0 Å². The van der Waals surface area contributed by atoms with E-state index in [1.54, 1.807) is 0 Å². The maximum atomic E-state index is 12.8. The zero-order valence-corrected chi connectivity index (χ0v) is 15.1. The van der Waals surface area contributed by atoms with Crippen LogP contribution < -0.4 is 4.90 Å². The Morgan fingerprint density at radius 1 is 1.04 bits per heavy atom. The van der Waals surface area contributed by atoms with E-state index >= 15 is 0 Å². The van der Waals surface area contributed by atoms with Gasteiger partial charge in [0.15, 0.2) is 0 Å². The summed E-state index contributed by atoms with van der Waals surface area (Å²) >= 11 is 0. The van der Waals surface area contributed by atoms with Crippen molar-refractivity contribution in [2.45, 2.75) is 19.9 Å². The van der Waals surface area contributed by atoms with Crippen molar-refractivity contribution >= 4 is 22.6 Å². The molecular formula is C21H24N4O. The average Bonchev–Trinajstić information content (AvgIpc) is 3.17. The molecule has 1 fully saturated rings. The molecule has 2 heterocycles. The lowest BCUT2D eigenvalue weighted by Crippen LogP contribution is -2.49. The highest BCUT2D eigenvalue weighted by Gasteiger charge is 2.23. The fraction of sp³-hybridized carbons (Fsp3) is 0.333. The smallest absolute Gasteiger partial charge is 0.227 e. The minimum atomic E-state index is 0.208. The number of carbonyl (C=O) groups is 1. The Balaban J connectivity index is 1.42. The molecular weight excluding hydrogens is 324 g/mol. The molecule has 1 aliphatic heterocycles. The minimum absolute atomic E-state index is 0.208. The Morgan fingerprint density at radius 3 is 2.62 bits per heavy atom. The van der Waals surface area contributed by atoms with E-state index in [2.05, 4.69) is 45.6 Å². The molecule has 0 spiro atoms. The molecule has 0 saturated carbocycles. The number of carbonyl (C=O) groups excluding carboxylic acids is 1. The number of nitrogens with zero attached hydrogens (tertiary/aromatic N) is 4. The predicted molar refractivity (Wildman–Crippen MR) is 104 cm³/mol. The molecule has 0 unspecified atom stereocenters. The van der Waals surface area contributed by atoms with Crippen molar-refractivity contribution in [2.75, 3.05) is 31.1 Å². The summed E-state index contributed by atoms with van der Waals surface area (Å²) in [5.41, 5.74) is 1.11. The molecule has 1 aliphatic rings. The van der Waals surface area contributed by atoms with Gasteiger partial charge in [-0.1, -0.05) is 42.5 Å². The molecule has 0 N–H and O–H groups in total. The van der Waals surface area contributed by atoms with Gasteiger partial charge < -0.3 is 14.4 Å².